The molecule has 4 heteroatoms. The van der Waals surface area contributed by atoms with Crippen molar-refractivity contribution in [2.24, 2.45) is 0 Å². The quantitative estimate of drug-likeness (QED) is 0.906. The van der Waals surface area contributed by atoms with E-state index in [-0.39, 0.29) is 0 Å². The number of hydrogen-bond donors (Lipinski definition) is 1. The molecule has 0 fully saturated rings. The fourth-order valence-electron chi connectivity index (χ4n) is 2.57. The van der Waals surface area contributed by atoms with E-state index in [0.717, 1.165) is 17.8 Å². The normalized spacial score (nSPS) is 17.0. The molecule has 1 atom stereocenters. The van der Waals surface area contributed by atoms with Gasteiger partial charge in [-0.15, -0.1) is 0 Å². The lowest BCUT2D eigenvalue weighted by Gasteiger charge is -2.37. The summed E-state index contributed by atoms with van der Waals surface area (Å²) in [7, 11) is 0. The maximum Gasteiger partial charge on any atom is 0.145 e. The van der Waals surface area contributed by atoms with Gasteiger partial charge in [0.05, 0.1) is 11.4 Å². The molecule has 0 bridgehead atoms. The Morgan fingerprint density at radius 2 is 2.20 bits per heavy atom. The van der Waals surface area contributed by atoms with Gasteiger partial charge in [-0.1, -0.05) is 18.2 Å². The highest BCUT2D eigenvalue weighted by atomic mass is 15.2. The number of rotatable bonds is 2. The summed E-state index contributed by atoms with van der Waals surface area (Å²) in [6.45, 7) is 3.79. The average Bonchev–Trinajstić information content (AvgIpc) is 2.50. The summed E-state index contributed by atoms with van der Waals surface area (Å²) in [6.07, 6.45) is 1.66. The van der Waals surface area contributed by atoms with Crippen molar-refractivity contribution in [1.29, 1.82) is 5.26 Å². The van der Waals surface area contributed by atoms with Crippen molar-refractivity contribution >= 4 is 11.4 Å². The molecule has 1 unspecified atom stereocenters. The summed E-state index contributed by atoms with van der Waals surface area (Å²) < 4.78 is 0. The molecule has 20 heavy (non-hydrogen) atoms. The molecule has 0 saturated carbocycles. The van der Waals surface area contributed by atoms with Crippen molar-refractivity contribution in [1.82, 2.24) is 4.98 Å². The van der Waals surface area contributed by atoms with E-state index in [0.29, 0.717) is 18.3 Å². The number of pyridine rings is 1. The second-order valence-electron chi connectivity index (χ2n) is 5.00. The third-order valence-electron chi connectivity index (χ3n) is 3.67. The Bertz CT molecular complexity index is 660. The van der Waals surface area contributed by atoms with Gasteiger partial charge < -0.3 is 10.2 Å². The predicted octanol–water partition coefficient (Wildman–Crippen LogP) is 2.77. The average molecular weight is 264 g/mol. The van der Waals surface area contributed by atoms with Gasteiger partial charge in [0.25, 0.3) is 0 Å². The van der Waals surface area contributed by atoms with Crippen LogP contribution in [0.4, 0.5) is 11.4 Å². The Labute approximate surface area is 118 Å². The monoisotopic (exact) mass is 264 g/mol. The highest BCUT2D eigenvalue weighted by Crippen LogP contribution is 2.32. The van der Waals surface area contributed by atoms with Gasteiger partial charge in [0, 0.05) is 30.9 Å². The predicted molar refractivity (Wildman–Crippen MR) is 79.5 cm³/mol. The van der Waals surface area contributed by atoms with E-state index in [1.54, 1.807) is 6.20 Å². The fraction of sp³-hybridized carbons (Fsp3) is 0.250. The van der Waals surface area contributed by atoms with E-state index in [1.807, 2.05) is 24.3 Å². The molecule has 1 N–H and O–H groups in total. The lowest BCUT2D eigenvalue weighted by molar-refractivity contribution is 0.640. The van der Waals surface area contributed by atoms with Crippen molar-refractivity contribution in [2.75, 3.05) is 16.8 Å². The zero-order chi connectivity index (χ0) is 13.9. The highest BCUT2D eigenvalue weighted by Gasteiger charge is 2.23. The van der Waals surface area contributed by atoms with E-state index in [1.165, 1.54) is 5.69 Å². The first-order valence-corrected chi connectivity index (χ1v) is 6.73. The van der Waals surface area contributed by atoms with Crippen molar-refractivity contribution in [3.05, 3.63) is 53.9 Å². The summed E-state index contributed by atoms with van der Waals surface area (Å²) >= 11 is 0. The standard InChI is InChI=1S/C16H16N4/c1-12-10-19-14-6-2-3-7-16(14)20(12)11-13-5-4-8-18-15(13)9-17/h2-8,12,19H,10-11H2,1H3. The smallest absolute Gasteiger partial charge is 0.145 e. The first-order chi connectivity index (χ1) is 9.79. The van der Waals surface area contributed by atoms with Crippen LogP contribution in [0.1, 0.15) is 18.2 Å². The highest BCUT2D eigenvalue weighted by molar-refractivity contribution is 5.72. The van der Waals surface area contributed by atoms with E-state index >= 15 is 0 Å². The number of fused-ring (bicyclic) bond motifs is 1. The molecule has 1 aliphatic rings. The van der Waals surface area contributed by atoms with Gasteiger partial charge in [0.1, 0.15) is 11.8 Å². The number of nitrogens with one attached hydrogen (secondary N) is 1. The number of anilines is 2. The Morgan fingerprint density at radius 3 is 3.05 bits per heavy atom. The zero-order valence-electron chi connectivity index (χ0n) is 11.4. The SMILES string of the molecule is CC1CNc2ccccc2N1Cc1cccnc1C#N. The van der Waals surface area contributed by atoms with E-state index in [4.69, 9.17) is 5.26 Å². The number of benzene rings is 1. The van der Waals surface area contributed by atoms with Gasteiger partial charge in [0.15, 0.2) is 0 Å². The van der Waals surface area contributed by atoms with Crippen molar-refractivity contribution in [2.45, 2.75) is 19.5 Å². The maximum absolute atomic E-state index is 9.17. The summed E-state index contributed by atoms with van der Waals surface area (Å²) in [4.78, 5) is 6.46. The minimum Gasteiger partial charge on any atom is -0.381 e. The van der Waals surface area contributed by atoms with Crippen LogP contribution in [-0.4, -0.2) is 17.6 Å². The molecule has 1 aromatic carbocycles. The molecule has 100 valence electrons. The number of hydrogen-bond acceptors (Lipinski definition) is 4. The van der Waals surface area contributed by atoms with Gasteiger partial charge in [-0.25, -0.2) is 4.98 Å². The Kier molecular flexibility index (Phi) is 3.26. The molecule has 0 aliphatic carbocycles. The largest absolute Gasteiger partial charge is 0.381 e. The van der Waals surface area contributed by atoms with Crippen molar-refractivity contribution in [3.8, 4) is 6.07 Å². The molecular weight excluding hydrogens is 248 g/mol. The molecule has 1 aromatic heterocycles. The molecule has 0 spiro atoms. The molecule has 3 rings (SSSR count). The summed E-state index contributed by atoms with van der Waals surface area (Å²) in [5.74, 6) is 0. The summed E-state index contributed by atoms with van der Waals surface area (Å²) in [6, 6.07) is 14.7. The zero-order valence-corrected chi connectivity index (χ0v) is 11.4. The molecular formula is C16H16N4. The van der Waals surface area contributed by atoms with E-state index in [9.17, 15) is 0 Å². The maximum atomic E-state index is 9.17. The van der Waals surface area contributed by atoms with Crippen LogP contribution in [0.3, 0.4) is 0 Å². The Balaban J connectivity index is 1.96. The number of para-hydroxylation sites is 2. The number of nitrogens with zero attached hydrogens (tertiary/aromatic N) is 3. The third-order valence-corrected chi connectivity index (χ3v) is 3.67. The van der Waals surface area contributed by atoms with Gasteiger partial charge in [0.2, 0.25) is 0 Å². The molecule has 0 radical (unpaired) electrons. The van der Waals surface area contributed by atoms with Crippen LogP contribution in [0.25, 0.3) is 0 Å². The van der Waals surface area contributed by atoms with Crippen molar-refractivity contribution < 1.29 is 0 Å². The van der Waals surface area contributed by atoms with Gasteiger partial charge in [-0.2, -0.15) is 5.26 Å². The minimum atomic E-state index is 0.372. The topological polar surface area (TPSA) is 52.0 Å². The van der Waals surface area contributed by atoms with Crippen LogP contribution >= 0.6 is 0 Å². The van der Waals surface area contributed by atoms with E-state index < -0.39 is 0 Å². The van der Waals surface area contributed by atoms with Crippen LogP contribution in [0.15, 0.2) is 42.6 Å². The lowest BCUT2D eigenvalue weighted by Crippen LogP contribution is -2.41. The molecule has 2 heterocycles. The number of aromatic nitrogens is 1. The van der Waals surface area contributed by atoms with Gasteiger partial charge in [-0.3, -0.25) is 0 Å². The van der Waals surface area contributed by atoms with Gasteiger partial charge >= 0.3 is 0 Å². The van der Waals surface area contributed by atoms with Gasteiger partial charge in [-0.05, 0) is 25.1 Å². The second kappa shape index (κ2) is 5.22. The lowest BCUT2D eigenvalue weighted by atomic mass is 10.1. The number of nitriles is 1. The van der Waals surface area contributed by atoms with E-state index in [2.05, 4.69) is 40.3 Å². The first-order valence-electron chi connectivity index (χ1n) is 6.73. The van der Waals surface area contributed by atoms with Crippen LogP contribution in [-0.2, 0) is 6.54 Å². The Morgan fingerprint density at radius 1 is 1.35 bits per heavy atom. The molecule has 4 nitrogen and oxygen atoms in total. The first kappa shape index (κ1) is 12.5. The molecule has 1 aliphatic heterocycles. The Hall–Kier alpha value is -2.54. The second-order valence-corrected chi connectivity index (χ2v) is 5.00. The summed E-state index contributed by atoms with van der Waals surface area (Å²) in [5, 5.41) is 12.6. The molecule has 0 amide bonds. The van der Waals surface area contributed by atoms with Crippen LogP contribution in [0, 0.1) is 11.3 Å². The third kappa shape index (κ3) is 2.19. The van der Waals surface area contributed by atoms with Crippen molar-refractivity contribution in [3.63, 3.8) is 0 Å². The summed E-state index contributed by atoms with van der Waals surface area (Å²) in [5.41, 5.74) is 3.81. The minimum absolute atomic E-state index is 0.372. The fourth-order valence-corrected chi connectivity index (χ4v) is 2.57. The molecule has 2 aromatic rings. The molecule has 0 saturated heterocycles. The van der Waals surface area contributed by atoms with Crippen LogP contribution in [0.2, 0.25) is 0 Å². The van der Waals surface area contributed by atoms with Crippen LogP contribution < -0.4 is 10.2 Å². The van der Waals surface area contributed by atoms with Crippen LogP contribution in [0.5, 0.6) is 0 Å².